The first kappa shape index (κ1) is 22.7. The van der Waals surface area contributed by atoms with Gasteiger partial charge in [-0.3, -0.25) is 4.79 Å². The van der Waals surface area contributed by atoms with Crippen LogP contribution in [0.2, 0.25) is 25.7 Å². The molecule has 2 atom stereocenters. The van der Waals surface area contributed by atoms with Crippen LogP contribution in [-0.2, 0) is 23.3 Å². The zero-order valence-electron chi connectivity index (χ0n) is 20.0. The van der Waals surface area contributed by atoms with E-state index in [9.17, 15) is 9.18 Å². The maximum Gasteiger partial charge on any atom is 0.231 e. The van der Waals surface area contributed by atoms with Crippen LogP contribution in [0, 0.1) is 5.92 Å². The molecule has 1 N–H and O–H groups in total. The number of aromatic nitrogens is 4. The van der Waals surface area contributed by atoms with E-state index >= 15 is 0 Å². The number of nitrogens with zero attached hydrogens (tertiary/aromatic N) is 4. The number of pyridine rings is 1. The van der Waals surface area contributed by atoms with Gasteiger partial charge in [-0.15, -0.1) is 0 Å². The van der Waals surface area contributed by atoms with Crippen LogP contribution in [-0.4, -0.2) is 45.9 Å². The Balaban J connectivity index is 1.41. The van der Waals surface area contributed by atoms with Gasteiger partial charge in [0.25, 0.3) is 0 Å². The summed E-state index contributed by atoms with van der Waals surface area (Å²) in [6, 6.07) is 11.2. The molecule has 7 nitrogen and oxygen atoms in total. The fraction of sp³-hybridized carbons (Fsp3) is 0.400. The molecule has 0 bridgehead atoms. The Morgan fingerprint density at radius 3 is 2.76 bits per heavy atom. The largest absolute Gasteiger partial charge is 0.361 e. The number of anilines is 1. The first-order valence-electron chi connectivity index (χ1n) is 11.6. The number of hydrogen-bond acceptors (Lipinski definition) is 4. The Morgan fingerprint density at radius 2 is 2.03 bits per heavy atom. The molecule has 1 saturated carbocycles. The molecule has 1 fully saturated rings. The molecule has 0 spiro atoms. The lowest BCUT2D eigenvalue weighted by atomic mass is 10.1. The summed E-state index contributed by atoms with van der Waals surface area (Å²) >= 11 is 0. The summed E-state index contributed by atoms with van der Waals surface area (Å²) in [4.78, 5) is 21.2. The van der Waals surface area contributed by atoms with Crippen LogP contribution < -0.4 is 5.32 Å². The fourth-order valence-corrected chi connectivity index (χ4v) is 4.91. The second-order valence-corrected chi connectivity index (χ2v) is 15.9. The van der Waals surface area contributed by atoms with Gasteiger partial charge >= 0.3 is 0 Å². The van der Waals surface area contributed by atoms with Crippen molar-refractivity contribution in [3.05, 3.63) is 42.9 Å². The van der Waals surface area contributed by atoms with Crippen LogP contribution in [0.25, 0.3) is 33.2 Å². The number of para-hydroxylation sites is 1. The predicted molar refractivity (Wildman–Crippen MR) is 135 cm³/mol. The molecule has 0 aliphatic heterocycles. The first-order chi connectivity index (χ1) is 16.2. The molecule has 34 heavy (non-hydrogen) atoms. The van der Waals surface area contributed by atoms with E-state index in [0.29, 0.717) is 19.0 Å². The third kappa shape index (κ3) is 4.50. The minimum atomic E-state index is -1.13. The Kier molecular flexibility index (Phi) is 5.77. The van der Waals surface area contributed by atoms with Crippen molar-refractivity contribution in [3.8, 4) is 11.3 Å². The van der Waals surface area contributed by atoms with Crippen LogP contribution in [0.15, 0.2) is 42.9 Å². The Bertz CT molecular complexity index is 1370. The normalized spacial score (nSPS) is 18.0. The summed E-state index contributed by atoms with van der Waals surface area (Å²) in [6.07, 6.45) is 2.83. The first-order valence-corrected chi connectivity index (χ1v) is 15.3. The zero-order chi connectivity index (χ0) is 24.0. The molecular formula is C25H30FN5O2Si. The van der Waals surface area contributed by atoms with Crippen LogP contribution in [0.1, 0.15) is 6.42 Å². The maximum atomic E-state index is 13.2. The van der Waals surface area contributed by atoms with Crippen LogP contribution in [0.3, 0.4) is 0 Å². The van der Waals surface area contributed by atoms with Gasteiger partial charge in [0.2, 0.25) is 5.91 Å². The molecule has 0 radical (unpaired) electrons. The summed E-state index contributed by atoms with van der Waals surface area (Å²) < 4.78 is 23.2. The molecule has 1 amide bonds. The van der Waals surface area contributed by atoms with Crippen molar-refractivity contribution in [3.63, 3.8) is 0 Å². The number of nitrogens with one attached hydrogen (secondary N) is 1. The number of benzene rings is 1. The van der Waals surface area contributed by atoms with Crippen molar-refractivity contribution in [1.82, 2.24) is 19.1 Å². The van der Waals surface area contributed by atoms with Crippen molar-refractivity contribution in [2.75, 3.05) is 11.9 Å². The molecule has 4 aromatic rings. The average molecular weight is 480 g/mol. The fourth-order valence-electron chi connectivity index (χ4n) is 4.15. The van der Waals surface area contributed by atoms with Crippen molar-refractivity contribution < 1.29 is 13.9 Å². The van der Waals surface area contributed by atoms with E-state index in [2.05, 4.69) is 52.7 Å². The molecule has 5 rings (SSSR count). The summed E-state index contributed by atoms with van der Waals surface area (Å²) in [5, 5.41) is 3.68. The quantitative estimate of drug-likeness (QED) is 0.278. The average Bonchev–Trinajstić information content (AvgIpc) is 3.24. The van der Waals surface area contributed by atoms with Crippen molar-refractivity contribution in [2.24, 2.45) is 13.0 Å². The van der Waals surface area contributed by atoms with E-state index in [-0.39, 0.29) is 5.91 Å². The molecule has 1 aromatic carbocycles. The molecule has 9 heteroatoms. The number of fused-ring (bicyclic) bond motifs is 2. The minimum absolute atomic E-state index is 0.295. The highest BCUT2D eigenvalue weighted by atomic mass is 28.3. The molecule has 3 aromatic heterocycles. The number of carbonyl (C=O) groups is 1. The number of ether oxygens (including phenoxy) is 1. The van der Waals surface area contributed by atoms with Crippen LogP contribution >= 0.6 is 0 Å². The number of alkyl halides is 1. The second kappa shape index (κ2) is 8.63. The molecule has 0 saturated heterocycles. The minimum Gasteiger partial charge on any atom is -0.361 e. The van der Waals surface area contributed by atoms with E-state index in [1.54, 1.807) is 6.20 Å². The number of rotatable bonds is 8. The topological polar surface area (TPSA) is 74.0 Å². The second-order valence-electron chi connectivity index (χ2n) is 10.3. The Labute approximate surface area is 199 Å². The number of carbonyl (C=O) groups excluding carboxylic acids is 1. The standard InChI is InChI=1S/C25H30FN5O2Si/c1-30-21(10-16-11-23(27-13-22(16)30)29-25(32)18-12-19(18)26)17-6-5-7-20-24(17)28-14-31(20)15-33-8-9-34(2,3)4/h5-7,10-11,13-14,18-19H,8-9,12,15H2,1-4H3,(H,27,29,32)/t18-,19+/m1/s1. The van der Waals surface area contributed by atoms with Gasteiger partial charge in [0.05, 0.1) is 40.7 Å². The lowest BCUT2D eigenvalue weighted by molar-refractivity contribution is -0.117. The van der Waals surface area contributed by atoms with Gasteiger partial charge < -0.3 is 19.2 Å². The maximum absolute atomic E-state index is 13.2. The van der Waals surface area contributed by atoms with Gasteiger partial charge in [-0.1, -0.05) is 31.8 Å². The summed E-state index contributed by atoms with van der Waals surface area (Å²) in [5.74, 6) is -0.416. The van der Waals surface area contributed by atoms with Gasteiger partial charge in [-0.2, -0.15) is 0 Å². The van der Waals surface area contributed by atoms with Crippen molar-refractivity contribution in [1.29, 1.82) is 0 Å². The highest BCUT2D eigenvalue weighted by molar-refractivity contribution is 6.76. The zero-order valence-corrected chi connectivity index (χ0v) is 21.0. The molecule has 1 aliphatic rings. The van der Waals surface area contributed by atoms with Gasteiger partial charge in [-0.05, 0) is 30.7 Å². The third-order valence-electron chi connectivity index (χ3n) is 6.38. The summed E-state index contributed by atoms with van der Waals surface area (Å²) in [5.41, 5.74) is 4.88. The van der Waals surface area contributed by atoms with Gasteiger partial charge in [0.1, 0.15) is 18.7 Å². The third-order valence-corrected chi connectivity index (χ3v) is 8.09. The monoisotopic (exact) mass is 479 g/mol. The summed E-state index contributed by atoms with van der Waals surface area (Å²) in [7, 11) is 0.866. The van der Waals surface area contributed by atoms with Crippen LogP contribution in [0.4, 0.5) is 10.2 Å². The van der Waals surface area contributed by atoms with Gasteiger partial charge in [0.15, 0.2) is 0 Å². The van der Waals surface area contributed by atoms with E-state index < -0.39 is 20.2 Å². The molecule has 178 valence electrons. The van der Waals surface area contributed by atoms with Crippen LogP contribution in [0.5, 0.6) is 0 Å². The number of halogens is 1. The van der Waals surface area contributed by atoms with E-state index in [1.807, 2.05) is 30.1 Å². The molecular weight excluding hydrogens is 449 g/mol. The van der Waals surface area contributed by atoms with E-state index in [1.165, 1.54) is 0 Å². The Morgan fingerprint density at radius 1 is 1.24 bits per heavy atom. The highest BCUT2D eigenvalue weighted by Crippen LogP contribution is 2.35. The van der Waals surface area contributed by atoms with E-state index in [4.69, 9.17) is 9.72 Å². The van der Waals surface area contributed by atoms with E-state index in [0.717, 1.165) is 45.8 Å². The number of imidazole rings is 1. The molecule has 1 aliphatic carbocycles. The highest BCUT2D eigenvalue weighted by Gasteiger charge is 2.43. The lowest BCUT2D eigenvalue weighted by Gasteiger charge is -2.15. The molecule has 0 unspecified atom stereocenters. The predicted octanol–water partition coefficient (Wildman–Crippen LogP) is 5.20. The Hall–Kier alpha value is -3.04. The lowest BCUT2D eigenvalue weighted by Crippen LogP contribution is -2.21. The van der Waals surface area contributed by atoms with Gasteiger partial charge in [0, 0.05) is 32.7 Å². The number of aryl methyl sites for hydroxylation is 1. The van der Waals surface area contributed by atoms with Gasteiger partial charge in [-0.25, -0.2) is 14.4 Å². The summed E-state index contributed by atoms with van der Waals surface area (Å²) in [6.45, 7) is 8.28. The van der Waals surface area contributed by atoms with Crippen molar-refractivity contribution in [2.45, 2.75) is 45.0 Å². The SMILES string of the molecule is Cn1c(-c2cccc3c2ncn3COCC[Si](C)(C)C)cc2cc(NC(=O)[C@@H]3C[C@@H]3F)ncc21. The number of amides is 1. The van der Waals surface area contributed by atoms with Crippen molar-refractivity contribution >= 4 is 41.7 Å². The molecule has 3 heterocycles. The number of hydrogen-bond donors (Lipinski definition) is 1. The smallest absolute Gasteiger partial charge is 0.231 e.